The first-order chi connectivity index (χ1) is 12.7. The van der Waals surface area contributed by atoms with Gasteiger partial charge < -0.3 is 4.90 Å². The summed E-state index contributed by atoms with van der Waals surface area (Å²) >= 11 is 1.56. The summed E-state index contributed by atoms with van der Waals surface area (Å²) in [5, 5.41) is 2.90. The molecule has 0 N–H and O–H groups in total. The molecule has 2 aromatic carbocycles. The number of hydrogen-bond acceptors (Lipinski definition) is 3. The molecule has 5 heteroatoms. The van der Waals surface area contributed by atoms with Crippen molar-refractivity contribution in [3.05, 3.63) is 77.1 Å². The third-order valence-electron chi connectivity index (χ3n) is 4.48. The van der Waals surface area contributed by atoms with Crippen LogP contribution in [0.5, 0.6) is 0 Å². The molecule has 1 fully saturated rings. The van der Waals surface area contributed by atoms with Gasteiger partial charge in [-0.05, 0) is 30.5 Å². The maximum Gasteiger partial charge on any atom is 0.229 e. The van der Waals surface area contributed by atoms with Gasteiger partial charge in [-0.3, -0.25) is 4.79 Å². The van der Waals surface area contributed by atoms with E-state index >= 15 is 0 Å². The summed E-state index contributed by atoms with van der Waals surface area (Å²) in [7, 11) is 0. The van der Waals surface area contributed by atoms with E-state index in [2.05, 4.69) is 4.98 Å². The van der Waals surface area contributed by atoms with E-state index in [-0.39, 0.29) is 11.7 Å². The van der Waals surface area contributed by atoms with Crippen LogP contribution in [0.1, 0.15) is 24.1 Å². The molecule has 1 amide bonds. The minimum atomic E-state index is -0.256. The average Bonchev–Trinajstić information content (AvgIpc) is 3.40. The topological polar surface area (TPSA) is 33.2 Å². The number of amides is 1. The van der Waals surface area contributed by atoms with Gasteiger partial charge in [-0.15, -0.1) is 11.3 Å². The van der Waals surface area contributed by atoms with Crippen molar-refractivity contribution in [3.63, 3.8) is 0 Å². The van der Waals surface area contributed by atoms with Crippen molar-refractivity contribution in [1.29, 1.82) is 0 Å². The zero-order valence-electron chi connectivity index (χ0n) is 14.3. The third-order valence-corrected chi connectivity index (χ3v) is 5.42. The first-order valence-electron chi connectivity index (χ1n) is 8.73. The lowest BCUT2D eigenvalue weighted by Crippen LogP contribution is -2.33. The van der Waals surface area contributed by atoms with Gasteiger partial charge in [-0.2, -0.15) is 0 Å². The third kappa shape index (κ3) is 3.99. The van der Waals surface area contributed by atoms with Crippen LogP contribution in [0.4, 0.5) is 4.39 Å². The van der Waals surface area contributed by atoms with E-state index in [0.29, 0.717) is 19.0 Å². The van der Waals surface area contributed by atoms with Gasteiger partial charge in [0.1, 0.15) is 10.8 Å². The number of carbonyl (C=O) groups is 1. The van der Waals surface area contributed by atoms with Gasteiger partial charge in [0.25, 0.3) is 0 Å². The number of aromatic nitrogens is 1. The van der Waals surface area contributed by atoms with Crippen LogP contribution in [0.2, 0.25) is 0 Å². The van der Waals surface area contributed by atoms with Crippen molar-refractivity contribution in [3.8, 4) is 10.6 Å². The van der Waals surface area contributed by atoms with Gasteiger partial charge in [0.15, 0.2) is 0 Å². The Kier molecular flexibility index (Phi) is 4.80. The monoisotopic (exact) mass is 366 g/mol. The molecule has 0 bridgehead atoms. The smallest absolute Gasteiger partial charge is 0.229 e. The zero-order chi connectivity index (χ0) is 17.9. The summed E-state index contributed by atoms with van der Waals surface area (Å²) in [6, 6.07) is 16.7. The van der Waals surface area contributed by atoms with Crippen molar-refractivity contribution < 1.29 is 9.18 Å². The summed E-state index contributed by atoms with van der Waals surface area (Å²) < 4.78 is 13.1. The molecule has 0 atom stereocenters. The predicted octanol–water partition coefficient (Wildman–Crippen LogP) is 4.68. The number of thiazole rings is 1. The van der Waals surface area contributed by atoms with Crippen molar-refractivity contribution in [1.82, 2.24) is 9.88 Å². The van der Waals surface area contributed by atoms with Gasteiger partial charge in [-0.25, -0.2) is 9.37 Å². The van der Waals surface area contributed by atoms with Crippen LogP contribution in [0.15, 0.2) is 60.0 Å². The molecule has 0 aliphatic heterocycles. The van der Waals surface area contributed by atoms with Gasteiger partial charge in [0.2, 0.25) is 5.91 Å². The maximum absolute atomic E-state index is 13.1. The first kappa shape index (κ1) is 16.9. The molecule has 4 rings (SSSR count). The normalized spacial score (nSPS) is 13.6. The van der Waals surface area contributed by atoms with Crippen LogP contribution >= 0.6 is 11.3 Å². The average molecular weight is 366 g/mol. The molecular formula is C21H19FN2OS. The highest BCUT2D eigenvalue weighted by Gasteiger charge is 2.32. The van der Waals surface area contributed by atoms with E-state index < -0.39 is 0 Å². The highest BCUT2D eigenvalue weighted by molar-refractivity contribution is 7.13. The number of rotatable bonds is 6. The molecule has 132 valence electrons. The minimum Gasteiger partial charge on any atom is -0.335 e. The second kappa shape index (κ2) is 7.38. The van der Waals surface area contributed by atoms with Gasteiger partial charge in [-0.1, -0.05) is 42.5 Å². The quantitative estimate of drug-likeness (QED) is 0.634. The van der Waals surface area contributed by atoms with Crippen LogP contribution in [-0.4, -0.2) is 21.8 Å². The molecule has 26 heavy (non-hydrogen) atoms. The minimum absolute atomic E-state index is 0.0849. The second-order valence-electron chi connectivity index (χ2n) is 6.57. The molecule has 1 aliphatic rings. The molecular weight excluding hydrogens is 347 g/mol. The summed E-state index contributed by atoms with van der Waals surface area (Å²) in [6.45, 7) is 0.527. The SMILES string of the molecule is O=C(Cc1csc(-c2ccccc2)n1)N(Cc1ccc(F)cc1)C1CC1. The molecule has 0 unspecified atom stereocenters. The highest BCUT2D eigenvalue weighted by atomic mass is 32.1. The van der Waals surface area contributed by atoms with Crippen LogP contribution in [-0.2, 0) is 17.8 Å². The standard InChI is InChI=1S/C21H19FN2OS/c22-17-8-6-15(7-9-17)13-24(19-10-11-19)20(25)12-18-14-26-21(23-18)16-4-2-1-3-5-16/h1-9,14,19H,10-13H2. The largest absolute Gasteiger partial charge is 0.335 e. The molecule has 1 aromatic heterocycles. The maximum atomic E-state index is 13.1. The summed E-state index contributed by atoms with van der Waals surface area (Å²) in [6.07, 6.45) is 2.39. The Bertz CT molecular complexity index is 888. The molecule has 0 radical (unpaired) electrons. The highest BCUT2D eigenvalue weighted by Crippen LogP contribution is 2.30. The van der Waals surface area contributed by atoms with Crippen molar-refractivity contribution in [2.24, 2.45) is 0 Å². The molecule has 0 spiro atoms. The lowest BCUT2D eigenvalue weighted by Gasteiger charge is -2.22. The lowest BCUT2D eigenvalue weighted by molar-refractivity contribution is -0.131. The van der Waals surface area contributed by atoms with E-state index in [9.17, 15) is 9.18 Å². The lowest BCUT2D eigenvalue weighted by atomic mass is 10.2. The van der Waals surface area contributed by atoms with E-state index in [1.807, 2.05) is 40.6 Å². The first-order valence-corrected chi connectivity index (χ1v) is 9.61. The fourth-order valence-electron chi connectivity index (χ4n) is 2.95. The van der Waals surface area contributed by atoms with Gasteiger partial charge >= 0.3 is 0 Å². The summed E-state index contributed by atoms with van der Waals surface area (Å²) in [5.41, 5.74) is 2.83. The Hall–Kier alpha value is -2.53. The zero-order valence-corrected chi connectivity index (χ0v) is 15.1. The number of nitrogens with zero attached hydrogens (tertiary/aromatic N) is 2. The van der Waals surface area contributed by atoms with Crippen LogP contribution < -0.4 is 0 Å². The van der Waals surface area contributed by atoms with Crippen LogP contribution in [0.25, 0.3) is 10.6 Å². The Balaban J connectivity index is 1.45. The van der Waals surface area contributed by atoms with E-state index in [1.165, 1.54) is 12.1 Å². The Morgan fingerprint density at radius 2 is 1.85 bits per heavy atom. The van der Waals surface area contributed by atoms with E-state index in [4.69, 9.17) is 0 Å². The Labute approximate surface area is 156 Å². The number of carbonyl (C=O) groups excluding carboxylic acids is 1. The molecule has 3 nitrogen and oxygen atoms in total. The molecule has 0 saturated heterocycles. The second-order valence-corrected chi connectivity index (χ2v) is 7.42. The molecule has 1 aliphatic carbocycles. The number of benzene rings is 2. The van der Waals surface area contributed by atoms with Crippen LogP contribution in [0.3, 0.4) is 0 Å². The fourth-order valence-corrected chi connectivity index (χ4v) is 3.78. The fraction of sp³-hybridized carbons (Fsp3) is 0.238. The van der Waals surface area contributed by atoms with E-state index in [0.717, 1.165) is 34.7 Å². The predicted molar refractivity (Wildman–Crippen MR) is 101 cm³/mol. The number of halogens is 1. The summed E-state index contributed by atoms with van der Waals surface area (Å²) in [4.78, 5) is 19.4. The molecule has 3 aromatic rings. The molecule has 1 heterocycles. The van der Waals surface area contributed by atoms with Crippen molar-refractivity contribution >= 4 is 17.2 Å². The Morgan fingerprint density at radius 1 is 1.12 bits per heavy atom. The number of hydrogen-bond donors (Lipinski definition) is 0. The van der Waals surface area contributed by atoms with Crippen LogP contribution in [0, 0.1) is 5.82 Å². The summed E-state index contributed by atoms with van der Waals surface area (Å²) in [5.74, 6) is -0.171. The van der Waals surface area contributed by atoms with Crippen molar-refractivity contribution in [2.75, 3.05) is 0 Å². The molecule has 1 saturated carbocycles. The Morgan fingerprint density at radius 3 is 2.54 bits per heavy atom. The van der Waals surface area contributed by atoms with Crippen molar-refractivity contribution in [2.45, 2.75) is 31.8 Å². The van der Waals surface area contributed by atoms with E-state index in [1.54, 1.807) is 23.5 Å². The van der Waals surface area contributed by atoms with Gasteiger partial charge in [0.05, 0.1) is 12.1 Å². The van der Waals surface area contributed by atoms with Gasteiger partial charge in [0, 0.05) is 23.5 Å².